The van der Waals surface area contributed by atoms with Crippen LogP contribution >= 0.6 is 0 Å². The highest BCUT2D eigenvalue weighted by Gasteiger charge is 2.25. The summed E-state index contributed by atoms with van der Waals surface area (Å²) in [7, 11) is 0. The number of anilines is 2. The van der Waals surface area contributed by atoms with Crippen LogP contribution in [0, 0.1) is 24.6 Å². The topological polar surface area (TPSA) is 101 Å². The minimum Gasteiger partial charge on any atom is -0.437 e. The van der Waals surface area contributed by atoms with Crippen LogP contribution in [0.15, 0.2) is 54.9 Å². The van der Waals surface area contributed by atoms with Gasteiger partial charge in [0.1, 0.15) is 11.6 Å². The van der Waals surface area contributed by atoms with E-state index in [4.69, 9.17) is 9.72 Å². The molecule has 0 radical (unpaired) electrons. The van der Waals surface area contributed by atoms with E-state index in [1.807, 2.05) is 37.3 Å². The predicted octanol–water partition coefficient (Wildman–Crippen LogP) is 6.08. The molecule has 206 valence electrons. The molecule has 0 spiro atoms. The highest BCUT2D eigenvalue weighted by atomic mass is 19.1. The number of nitrogens with one attached hydrogen (secondary N) is 3. The number of pyridine rings is 1. The van der Waals surface area contributed by atoms with E-state index in [0.717, 1.165) is 37.9 Å². The first-order valence-electron chi connectivity index (χ1n) is 13.9. The monoisotopic (exact) mass is 540 g/mol. The molecule has 8 nitrogen and oxygen atoms in total. The second kappa shape index (κ2) is 11.2. The van der Waals surface area contributed by atoms with Gasteiger partial charge in [0.05, 0.1) is 16.9 Å². The van der Waals surface area contributed by atoms with Crippen LogP contribution in [0.25, 0.3) is 22.0 Å². The Labute approximate surface area is 232 Å². The summed E-state index contributed by atoms with van der Waals surface area (Å²) >= 11 is 0. The first-order valence-corrected chi connectivity index (χ1v) is 13.9. The van der Waals surface area contributed by atoms with Gasteiger partial charge in [-0.2, -0.15) is 0 Å². The molecule has 0 bridgehead atoms. The Morgan fingerprint density at radius 2 is 1.93 bits per heavy atom. The number of carbonyl (C=O) groups excluding carboxylic acids is 1. The molecule has 1 aliphatic carbocycles. The molecule has 4 aromatic rings. The molecule has 3 heterocycles. The summed E-state index contributed by atoms with van der Waals surface area (Å²) in [5.41, 5.74) is 2.41. The molecule has 6 rings (SSSR count). The zero-order valence-electron chi connectivity index (χ0n) is 22.7. The number of carbonyl (C=O) groups is 1. The third kappa shape index (κ3) is 5.74. The lowest BCUT2D eigenvalue weighted by Gasteiger charge is -2.28. The van der Waals surface area contributed by atoms with E-state index in [-0.39, 0.29) is 17.6 Å². The van der Waals surface area contributed by atoms with Crippen molar-refractivity contribution in [2.45, 2.75) is 45.6 Å². The predicted molar refractivity (Wildman–Crippen MR) is 154 cm³/mol. The number of ether oxygens (including phenoxy) is 1. The number of benzene rings is 2. The van der Waals surface area contributed by atoms with Gasteiger partial charge >= 0.3 is 0 Å². The molecule has 1 amide bonds. The van der Waals surface area contributed by atoms with E-state index in [1.54, 1.807) is 18.5 Å². The second-order valence-electron chi connectivity index (χ2n) is 11.0. The summed E-state index contributed by atoms with van der Waals surface area (Å²) in [6, 6.07) is 12.5. The van der Waals surface area contributed by atoms with Gasteiger partial charge in [-0.1, -0.05) is 19.1 Å². The maximum absolute atomic E-state index is 14.9. The number of halogens is 1. The van der Waals surface area contributed by atoms with Crippen molar-refractivity contribution < 1.29 is 13.9 Å². The van der Waals surface area contributed by atoms with Crippen molar-refractivity contribution in [1.82, 2.24) is 20.3 Å². The molecular weight excluding hydrogens is 507 g/mol. The maximum atomic E-state index is 14.9. The number of piperidine rings is 1. The van der Waals surface area contributed by atoms with Crippen LogP contribution in [0.1, 0.15) is 38.2 Å². The van der Waals surface area contributed by atoms with Crippen LogP contribution in [-0.4, -0.2) is 40.0 Å². The third-order valence-corrected chi connectivity index (χ3v) is 7.54. The summed E-state index contributed by atoms with van der Waals surface area (Å²) < 4.78 is 21.4. The summed E-state index contributed by atoms with van der Waals surface area (Å²) in [5.74, 6) is 1.81. The largest absolute Gasteiger partial charge is 0.437 e. The molecule has 2 fully saturated rings. The van der Waals surface area contributed by atoms with Crippen LogP contribution in [0.2, 0.25) is 0 Å². The van der Waals surface area contributed by atoms with E-state index in [0.29, 0.717) is 57.9 Å². The minimum absolute atomic E-state index is 0.171. The Kier molecular flexibility index (Phi) is 7.30. The van der Waals surface area contributed by atoms with Crippen LogP contribution in [0.5, 0.6) is 11.6 Å². The van der Waals surface area contributed by atoms with Gasteiger partial charge < -0.3 is 20.7 Å². The Morgan fingerprint density at radius 3 is 2.75 bits per heavy atom. The molecule has 2 aromatic heterocycles. The molecule has 0 unspecified atom stereocenters. The van der Waals surface area contributed by atoms with Gasteiger partial charge in [0.15, 0.2) is 0 Å². The second-order valence-corrected chi connectivity index (χ2v) is 11.0. The summed E-state index contributed by atoms with van der Waals surface area (Å²) in [5, 5.41) is 11.0. The molecule has 1 saturated carbocycles. The number of nitrogens with zero attached hydrogens (tertiary/aromatic N) is 3. The lowest BCUT2D eigenvalue weighted by atomic mass is 9.98. The Hall–Kier alpha value is -4.11. The maximum Gasteiger partial charge on any atom is 0.228 e. The Balaban J connectivity index is 1.31. The van der Waals surface area contributed by atoms with Gasteiger partial charge in [0.25, 0.3) is 0 Å². The van der Waals surface area contributed by atoms with E-state index in [2.05, 4.69) is 32.8 Å². The number of aromatic nitrogens is 3. The van der Waals surface area contributed by atoms with Crippen LogP contribution < -0.4 is 20.7 Å². The fraction of sp³-hybridized carbons (Fsp3) is 0.355. The molecule has 2 aromatic carbocycles. The van der Waals surface area contributed by atoms with E-state index in [9.17, 15) is 9.18 Å². The van der Waals surface area contributed by atoms with Crippen LogP contribution in [0.3, 0.4) is 0 Å². The number of hydrogen-bond acceptors (Lipinski definition) is 7. The molecule has 2 aliphatic rings. The van der Waals surface area contributed by atoms with Crippen LogP contribution in [0.4, 0.5) is 16.0 Å². The molecule has 9 heteroatoms. The van der Waals surface area contributed by atoms with Gasteiger partial charge in [-0.3, -0.25) is 4.79 Å². The van der Waals surface area contributed by atoms with Crippen molar-refractivity contribution in [3.63, 3.8) is 0 Å². The van der Waals surface area contributed by atoms with Crippen molar-refractivity contribution >= 4 is 28.3 Å². The smallest absolute Gasteiger partial charge is 0.228 e. The fourth-order valence-corrected chi connectivity index (χ4v) is 5.29. The SMILES string of the molecule is Cc1ccc2c(NC(=O)CC3CC3)c(F)ccc2c1Oc1ncccc1-c1ccnc(N[C@@H]2CNC[C@H](C)C2)n1. The molecule has 3 N–H and O–H groups in total. The normalized spacial score (nSPS) is 18.9. The number of fused-ring (bicyclic) bond motifs is 1. The summed E-state index contributed by atoms with van der Waals surface area (Å²) in [4.78, 5) is 26.3. The highest BCUT2D eigenvalue weighted by Crippen LogP contribution is 2.40. The molecular formula is C31H33FN6O2. The van der Waals surface area contributed by atoms with Crippen molar-refractivity contribution in [2.75, 3.05) is 23.7 Å². The zero-order valence-corrected chi connectivity index (χ0v) is 22.7. The van der Waals surface area contributed by atoms with Crippen molar-refractivity contribution in [1.29, 1.82) is 0 Å². The zero-order chi connectivity index (χ0) is 27.6. The van der Waals surface area contributed by atoms with E-state index in [1.165, 1.54) is 6.07 Å². The van der Waals surface area contributed by atoms with Gasteiger partial charge in [0, 0.05) is 42.2 Å². The summed E-state index contributed by atoms with van der Waals surface area (Å²) in [6.45, 7) is 6.04. The quantitative estimate of drug-likeness (QED) is 0.249. The van der Waals surface area contributed by atoms with Crippen molar-refractivity contribution in [3.05, 3.63) is 66.2 Å². The Morgan fingerprint density at radius 1 is 1.07 bits per heavy atom. The molecule has 1 saturated heterocycles. The standard InChI is InChI=1S/C31H33FN6O2/c1-18-14-21(17-33-16-18)36-31-35-13-11-26(37-31)24-4-3-12-34-30(24)40-29-19(2)5-8-22-23(29)9-10-25(32)28(22)38-27(39)15-20-6-7-20/h3-5,8-13,18,20-21,33H,6-7,14-17H2,1-2H3,(H,38,39)(H,35,36,37)/t18-,21+/m1/s1. The first kappa shape index (κ1) is 26.1. The average Bonchev–Trinajstić information content (AvgIpc) is 3.76. The van der Waals surface area contributed by atoms with Gasteiger partial charge in [-0.25, -0.2) is 19.3 Å². The Bertz CT molecular complexity index is 1560. The molecule has 1 aliphatic heterocycles. The lowest BCUT2D eigenvalue weighted by Crippen LogP contribution is -2.42. The molecule has 40 heavy (non-hydrogen) atoms. The minimum atomic E-state index is -0.478. The number of aryl methyl sites for hydroxylation is 1. The van der Waals surface area contributed by atoms with E-state index >= 15 is 0 Å². The fourth-order valence-electron chi connectivity index (χ4n) is 5.29. The first-order chi connectivity index (χ1) is 19.4. The van der Waals surface area contributed by atoms with Crippen molar-refractivity contribution in [2.24, 2.45) is 11.8 Å². The van der Waals surface area contributed by atoms with E-state index < -0.39 is 5.82 Å². The average molecular weight is 541 g/mol. The van der Waals surface area contributed by atoms with Crippen LogP contribution in [-0.2, 0) is 4.79 Å². The number of amides is 1. The summed E-state index contributed by atoms with van der Waals surface area (Å²) in [6.07, 6.45) is 6.95. The van der Waals surface area contributed by atoms with Gasteiger partial charge in [-0.05, 0) is 80.5 Å². The third-order valence-electron chi connectivity index (χ3n) is 7.54. The number of rotatable bonds is 8. The van der Waals surface area contributed by atoms with Gasteiger partial charge in [0.2, 0.25) is 17.7 Å². The lowest BCUT2D eigenvalue weighted by molar-refractivity contribution is -0.116. The highest BCUT2D eigenvalue weighted by molar-refractivity contribution is 6.05. The number of hydrogen-bond donors (Lipinski definition) is 3. The molecule has 2 atom stereocenters. The van der Waals surface area contributed by atoms with Crippen molar-refractivity contribution in [3.8, 4) is 22.9 Å². The van der Waals surface area contributed by atoms with Gasteiger partial charge in [-0.15, -0.1) is 0 Å².